The molecule has 0 saturated heterocycles. The van der Waals surface area contributed by atoms with Crippen LogP contribution in [-0.4, -0.2) is 23.0 Å². The fourth-order valence-electron chi connectivity index (χ4n) is 2.66. The molecule has 0 unspecified atom stereocenters. The van der Waals surface area contributed by atoms with Gasteiger partial charge in [0.1, 0.15) is 5.70 Å². The van der Waals surface area contributed by atoms with E-state index in [1.165, 1.54) is 22.7 Å². The number of carboxylic acid groups (broad SMARTS) is 1. The van der Waals surface area contributed by atoms with Crippen molar-refractivity contribution in [1.82, 2.24) is 0 Å². The standard InChI is InChI=1S/C21H16ClF3N2O2S2/c22-19-7-4-14(30-19)11-27-15(10-18(26)21(23,24)25)17-6-5-16(31-17)13-3-1-2-12(8-13)9-20(28)29/h1-8,10H,9,11,26H2,(H,28,29). The highest BCUT2D eigenvalue weighted by Gasteiger charge is 2.31. The molecule has 4 nitrogen and oxygen atoms in total. The van der Waals surface area contributed by atoms with Crippen LogP contribution < -0.4 is 5.73 Å². The van der Waals surface area contributed by atoms with Crippen molar-refractivity contribution >= 4 is 46.0 Å². The fraction of sp³-hybridized carbons (Fsp3) is 0.143. The van der Waals surface area contributed by atoms with Crippen LogP contribution in [0.25, 0.3) is 10.4 Å². The molecule has 0 bridgehead atoms. The molecule has 3 N–H and O–H groups in total. The van der Waals surface area contributed by atoms with Crippen LogP contribution in [0.2, 0.25) is 4.34 Å². The van der Waals surface area contributed by atoms with Gasteiger partial charge in [-0.1, -0.05) is 29.8 Å². The smallest absolute Gasteiger partial charge is 0.430 e. The number of aliphatic carboxylic acids is 1. The number of carbonyl (C=O) groups is 1. The molecule has 0 amide bonds. The van der Waals surface area contributed by atoms with Crippen molar-refractivity contribution in [3.05, 3.63) is 80.0 Å². The molecule has 0 radical (unpaired) electrons. The lowest BCUT2D eigenvalue weighted by Crippen LogP contribution is -2.20. The first kappa shape index (κ1) is 23.1. The van der Waals surface area contributed by atoms with E-state index in [0.29, 0.717) is 14.8 Å². The van der Waals surface area contributed by atoms with Crippen LogP contribution in [0.5, 0.6) is 0 Å². The number of alkyl halides is 3. The predicted octanol–water partition coefficient (Wildman–Crippen LogP) is 6.15. The van der Waals surface area contributed by atoms with Crippen molar-refractivity contribution in [3.8, 4) is 10.4 Å². The van der Waals surface area contributed by atoms with Gasteiger partial charge in [0.2, 0.25) is 0 Å². The summed E-state index contributed by atoms with van der Waals surface area (Å²) in [5, 5.41) is 8.98. The number of allylic oxidation sites excluding steroid dienone is 2. The van der Waals surface area contributed by atoms with Crippen LogP contribution in [0.15, 0.2) is 65.3 Å². The Kier molecular flexibility index (Phi) is 7.19. The summed E-state index contributed by atoms with van der Waals surface area (Å²) in [6.07, 6.45) is -3.96. The Labute approximate surface area is 189 Å². The lowest BCUT2D eigenvalue weighted by molar-refractivity contribution is -0.136. The summed E-state index contributed by atoms with van der Waals surface area (Å²) in [5.74, 6) is -0.945. The Morgan fingerprint density at radius 2 is 1.94 bits per heavy atom. The molecule has 2 aromatic heterocycles. The van der Waals surface area contributed by atoms with Crippen molar-refractivity contribution in [1.29, 1.82) is 0 Å². The number of rotatable bonds is 7. The second-order valence-corrected chi connectivity index (χ2v) is 9.32. The molecule has 162 valence electrons. The topological polar surface area (TPSA) is 75.7 Å². The van der Waals surface area contributed by atoms with Gasteiger partial charge < -0.3 is 10.8 Å². The molecule has 3 rings (SSSR count). The first-order valence-electron chi connectivity index (χ1n) is 8.86. The minimum atomic E-state index is -4.67. The molecule has 0 fully saturated rings. The number of thiophene rings is 2. The van der Waals surface area contributed by atoms with Crippen molar-refractivity contribution in [2.45, 2.75) is 19.1 Å². The zero-order chi connectivity index (χ0) is 22.6. The Balaban J connectivity index is 1.95. The SMILES string of the molecule is NC(=CC(=NCc1ccc(Cl)s1)c1ccc(-c2cccc(CC(=O)O)c2)s1)C(F)(F)F. The van der Waals surface area contributed by atoms with Crippen LogP contribution in [0.1, 0.15) is 15.3 Å². The van der Waals surface area contributed by atoms with Gasteiger partial charge in [-0.05, 0) is 47.5 Å². The minimum absolute atomic E-state index is 0.109. The van der Waals surface area contributed by atoms with Crippen molar-refractivity contribution < 1.29 is 23.1 Å². The van der Waals surface area contributed by atoms with E-state index >= 15 is 0 Å². The number of aliphatic imine (C=N–C) groups is 1. The molecule has 1 aromatic carbocycles. The van der Waals surface area contributed by atoms with Crippen LogP contribution in [0.3, 0.4) is 0 Å². The van der Waals surface area contributed by atoms with E-state index in [2.05, 4.69) is 4.99 Å². The number of halogens is 4. The molecule has 0 saturated carbocycles. The summed E-state index contributed by atoms with van der Waals surface area (Å²) >= 11 is 8.45. The third kappa shape index (κ3) is 6.43. The third-order valence-electron chi connectivity index (χ3n) is 4.08. The molecular formula is C21H16ClF3N2O2S2. The number of carboxylic acids is 1. The van der Waals surface area contributed by atoms with Gasteiger partial charge in [-0.25, -0.2) is 0 Å². The predicted molar refractivity (Wildman–Crippen MR) is 119 cm³/mol. The maximum atomic E-state index is 13.0. The largest absolute Gasteiger partial charge is 0.481 e. The van der Waals surface area contributed by atoms with Crippen LogP contribution in [0.4, 0.5) is 13.2 Å². The highest BCUT2D eigenvalue weighted by molar-refractivity contribution is 7.17. The molecule has 0 atom stereocenters. The first-order valence-corrected chi connectivity index (χ1v) is 10.9. The normalized spacial score (nSPS) is 12.9. The highest BCUT2D eigenvalue weighted by atomic mass is 35.5. The van der Waals surface area contributed by atoms with E-state index in [-0.39, 0.29) is 18.7 Å². The van der Waals surface area contributed by atoms with E-state index in [1.54, 1.807) is 42.5 Å². The van der Waals surface area contributed by atoms with Gasteiger partial charge in [-0.2, -0.15) is 13.2 Å². The first-order chi connectivity index (χ1) is 14.6. The maximum absolute atomic E-state index is 13.0. The van der Waals surface area contributed by atoms with E-state index in [9.17, 15) is 18.0 Å². The number of benzene rings is 1. The molecular weight excluding hydrogens is 469 g/mol. The Morgan fingerprint density at radius 1 is 1.16 bits per heavy atom. The summed E-state index contributed by atoms with van der Waals surface area (Å²) in [6, 6.07) is 13.9. The van der Waals surface area contributed by atoms with Gasteiger partial charge in [0.15, 0.2) is 0 Å². The van der Waals surface area contributed by atoms with Gasteiger partial charge in [0, 0.05) is 9.75 Å². The minimum Gasteiger partial charge on any atom is -0.481 e. The lowest BCUT2D eigenvalue weighted by atomic mass is 10.1. The molecule has 3 aromatic rings. The summed E-state index contributed by atoms with van der Waals surface area (Å²) in [4.78, 5) is 17.4. The monoisotopic (exact) mass is 484 g/mol. The van der Waals surface area contributed by atoms with Gasteiger partial charge in [0.05, 0.1) is 27.9 Å². The summed E-state index contributed by atoms with van der Waals surface area (Å²) < 4.78 is 39.6. The van der Waals surface area contributed by atoms with E-state index in [4.69, 9.17) is 22.4 Å². The van der Waals surface area contributed by atoms with Crippen molar-refractivity contribution in [2.24, 2.45) is 10.7 Å². The number of nitrogens with zero attached hydrogens (tertiary/aromatic N) is 1. The van der Waals surface area contributed by atoms with E-state index < -0.39 is 17.8 Å². The Bertz CT molecular complexity index is 1150. The molecule has 0 aliphatic carbocycles. The fourth-order valence-corrected chi connectivity index (χ4v) is 4.66. The quantitative estimate of drug-likeness (QED) is 0.395. The molecule has 2 heterocycles. The average molecular weight is 485 g/mol. The molecule has 0 aliphatic heterocycles. The van der Waals surface area contributed by atoms with E-state index in [0.717, 1.165) is 21.4 Å². The zero-order valence-electron chi connectivity index (χ0n) is 15.8. The summed E-state index contributed by atoms with van der Waals surface area (Å²) in [6.45, 7) is 0.162. The van der Waals surface area contributed by atoms with Gasteiger partial charge >= 0.3 is 12.1 Å². The second kappa shape index (κ2) is 9.67. The molecule has 10 heteroatoms. The Morgan fingerprint density at radius 3 is 2.58 bits per heavy atom. The third-order valence-corrected chi connectivity index (χ3v) is 6.45. The number of nitrogens with two attached hydrogens (primary N) is 1. The summed E-state index contributed by atoms with van der Waals surface area (Å²) in [5.41, 5.74) is 5.50. The van der Waals surface area contributed by atoms with Gasteiger partial charge in [-0.3, -0.25) is 9.79 Å². The zero-order valence-corrected chi connectivity index (χ0v) is 18.2. The second-order valence-electron chi connectivity index (χ2n) is 6.44. The van der Waals surface area contributed by atoms with Crippen molar-refractivity contribution in [2.75, 3.05) is 0 Å². The van der Waals surface area contributed by atoms with Gasteiger partial charge in [0.25, 0.3) is 0 Å². The highest BCUT2D eigenvalue weighted by Crippen LogP contribution is 2.31. The lowest BCUT2D eigenvalue weighted by Gasteiger charge is -2.07. The van der Waals surface area contributed by atoms with Crippen LogP contribution in [-0.2, 0) is 17.8 Å². The number of hydrogen-bond acceptors (Lipinski definition) is 5. The Hall–Kier alpha value is -2.62. The summed E-state index contributed by atoms with van der Waals surface area (Å²) in [7, 11) is 0. The van der Waals surface area contributed by atoms with Crippen LogP contribution >= 0.6 is 34.3 Å². The maximum Gasteiger partial charge on any atom is 0.430 e. The number of hydrogen-bond donors (Lipinski definition) is 2. The van der Waals surface area contributed by atoms with Crippen molar-refractivity contribution in [3.63, 3.8) is 0 Å². The molecule has 0 aliphatic rings. The van der Waals surface area contributed by atoms with Crippen LogP contribution in [0, 0.1) is 0 Å². The van der Waals surface area contributed by atoms with Gasteiger partial charge in [-0.15, -0.1) is 22.7 Å². The van der Waals surface area contributed by atoms with E-state index in [1.807, 2.05) is 6.07 Å². The molecule has 31 heavy (non-hydrogen) atoms. The molecule has 0 spiro atoms. The average Bonchev–Trinajstić information content (AvgIpc) is 3.33.